The summed E-state index contributed by atoms with van der Waals surface area (Å²) in [4.78, 5) is 0. The van der Waals surface area contributed by atoms with Crippen LogP contribution in [0, 0.1) is 0 Å². The number of para-hydroxylation sites is 1. The van der Waals surface area contributed by atoms with Crippen molar-refractivity contribution in [3.05, 3.63) is 29.8 Å². The zero-order valence-corrected chi connectivity index (χ0v) is 12.2. The Balaban J connectivity index is 1.92. The third-order valence-corrected chi connectivity index (χ3v) is 4.10. The molecule has 2 rings (SSSR count). The Hall–Kier alpha value is -1.06. The van der Waals surface area contributed by atoms with Crippen molar-refractivity contribution in [1.29, 1.82) is 0 Å². The number of benzene rings is 1. The Labute approximate surface area is 116 Å². The lowest BCUT2D eigenvalue weighted by Crippen LogP contribution is -2.36. The molecule has 0 heterocycles. The third-order valence-electron chi connectivity index (χ3n) is 4.10. The van der Waals surface area contributed by atoms with E-state index in [0.717, 1.165) is 18.6 Å². The molecule has 0 radical (unpaired) electrons. The fourth-order valence-corrected chi connectivity index (χ4v) is 2.93. The predicted molar refractivity (Wildman–Crippen MR) is 77.6 cm³/mol. The zero-order valence-electron chi connectivity index (χ0n) is 12.2. The Kier molecular flexibility index (Phi) is 5.23. The maximum atomic E-state index is 5.43. The molecule has 0 amide bonds. The van der Waals surface area contributed by atoms with Crippen LogP contribution in [0.2, 0.25) is 0 Å². The number of ether oxygens (including phenoxy) is 2. The molecule has 1 unspecified atom stereocenters. The highest BCUT2D eigenvalue weighted by molar-refractivity contribution is 5.35. The van der Waals surface area contributed by atoms with Crippen molar-refractivity contribution in [3.8, 4) is 5.75 Å². The summed E-state index contributed by atoms with van der Waals surface area (Å²) in [5.74, 6) is 0.966. The lowest BCUT2D eigenvalue weighted by atomic mass is 9.92. The van der Waals surface area contributed by atoms with Crippen molar-refractivity contribution in [2.24, 2.45) is 0 Å². The molecule has 0 bridgehead atoms. The molecule has 0 saturated heterocycles. The van der Waals surface area contributed by atoms with Gasteiger partial charge >= 0.3 is 0 Å². The second-order valence-corrected chi connectivity index (χ2v) is 5.34. The fourth-order valence-electron chi connectivity index (χ4n) is 2.93. The van der Waals surface area contributed by atoms with Crippen molar-refractivity contribution in [1.82, 2.24) is 5.32 Å². The first-order valence-corrected chi connectivity index (χ1v) is 7.16. The van der Waals surface area contributed by atoms with Crippen LogP contribution in [-0.2, 0) is 4.74 Å². The summed E-state index contributed by atoms with van der Waals surface area (Å²) in [6.45, 7) is 2.21. The Morgan fingerprint density at radius 2 is 1.79 bits per heavy atom. The van der Waals surface area contributed by atoms with Gasteiger partial charge in [0.2, 0.25) is 0 Å². The highest BCUT2D eigenvalue weighted by atomic mass is 16.5. The average molecular weight is 263 g/mol. The van der Waals surface area contributed by atoms with Crippen LogP contribution in [0.5, 0.6) is 5.75 Å². The lowest BCUT2D eigenvalue weighted by Gasteiger charge is -2.31. The van der Waals surface area contributed by atoms with Gasteiger partial charge in [-0.25, -0.2) is 0 Å². The minimum absolute atomic E-state index is 0.320. The molecular weight excluding hydrogens is 238 g/mol. The van der Waals surface area contributed by atoms with E-state index in [1.807, 2.05) is 19.2 Å². The second kappa shape index (κ2) is 6.92. The molecule has 0 aromatic heterocycles. The summed E-state index contributed by atoms with van der Waals surface area (Å²) >= 11 is 0. The maximum Gasteiger partial charge on any atom is 0.123 e. The van der Waals surface area contributed by atoms with Gasteiger partial charge in [0.15, 0.2) is 0 Å². The number of nitrogens with one attached hydrogen (secondary N) is 1. The molecule has 1 aliphatic carbocycles. The van der Waals surface area contributed by atoms with Crippen molar-refractivity contribution < 1.29 is 9.47 Å². The van der Waals surface area contributed by atoms with Crippen molar-refractivity contribution >= 4 is 0 Å². The fraction of sp³-hybridized carbons (Fsp3) is 0.625. The molecular formula is C16H25NO2. The Morgan fingerprint density at radius 3 is 2.42 bits per heavy atom. The number of hydrogen-bond donors (Lipinski definition) is 1. The van der Waals surface area contributed by atoms with Crippen molar-refractivity contribution in [2.75, 3.05) is 14.2 Å². The van der Waals surface area contributed by atoms with Gasteiger partial charge in [0.05, 0.1) is 13.2 Å². The molecule has 1 fully saturated rings. The van der Waals surface area contributed by atoms with E-state index in [1.54, 1.807) is 7.11 Å². The van der Waals surface area contributed by atoms with Gasteiger partial charge in [-0.2, -0.15) is 0 Å². The van der Waals surface area contributed by atoms with Crippen LogP contribution < -0.4 is 10.1 Å². The molecule has 3 nitrogen and oxygen atoms in total. The SMILES string of the molecule is COc1ccccc1C(C)NC1CCC(OC)CC1. The van der Waals surface area contributed by atoms with Gasteiger partial charge in [0.25, 0.3) is 0 Å². The average Bonchev–Trinajstić information content (AvgIpc) is 2.48. The smallest absolute Gasteiger partial charge is 0.123 e. The van der Waals surface area contributed by atoms with Crippen LogP contribution in [-0.4, -0.2) is 26.4 Å². The van der Waals surface area contributed by atoms with E-state index in [1.165, 1.54) is 18.4 Å². The summed E-state index contributed by atoms with van der Waals surface area (Å²) in [6.07, 6.45) is 5.16. The molecule has 0 aliphatic heterocycles. The van der Waals surface area contributed by atoms with E-state index in [2.05, 4.69) is 24.4 Å². The van der Waals surface area contributed by atoms with Gasteiger partial charge in [-0.05, 0) is 38.7 Å². The molecule has 1 aliphatic rings. The van der Waals surface area contributed by atoms with Crippen LogP contribution in [0.3, 0.4) is 0 Å². The monoisotopic (exact) mass is 263 g/mol. The van der Waals surface area contributed by atoms with Gasteiger partial charge in [-0.15, -0.1) is 0 Å². The van der Waals surface area contributed by atoms with E-state index in [0.29, 0.717) is 18.2 Å². The summed E-state index contributed by atoms with van der Waals surface area (Å²) in [5.41, 5.74) is 1.24. The summed E-state index contributed by atoms with van der Waals surface area (Å²) < 4.78 is 10.8. The van der Waals surface area contributed by atoms with E-state index in [-0.39, 0.29) is 0 Å². The summed E-state index contributed by atoms with van der Waals surface area (Å²) in [5, 5.41) is 3.72. The first kappa shape index (κ1) is 14.4. The van der Waals surface area contributed by atoms with E-state index >= 15 is 0 Å². The van der Waals surface area contributed by atoms with Crippen LogP contribution in [0.1, 0.15) is 44.2 Å². The molecule has 0 spiro atoms. The van der Waals surface area contributed by atoms with E-state index in [4.69, 9.17) is 9.47 Å². The third kappa shape index (κ3) is 3.71. The normalized spacial score (nSPS) is 25.0. The van der Waals surface area contributed by atoms with Gasteiger partial charge in [-0.1, -0.05) is 18.2 Å². The minimum Gasteiger partial charge on any atom is -0.496 e. The van der Waals surface area contributed by atoms with Crippen molar-refractivity contribution in [2.45, 2.75) is 50.8 Å². The number of rotatable bonds is 5. The van der Waals surface area contributed by atoms with Crippen molar-refractivity contribution in [3.63, 3.8) is 0 Å². The molecule has 1 aromatic rings. The lowest BCUT2D eigenvalue weighted by molar-refractivity contribution is 0.0613. The molecule has 1 N–H and O–H groups in total. The standard InChI is InChI=1S/C16H25NO2/c1-12(15-6-4-5-7-16(15)19-3)17-13-8-10-14(18-2)11-9-13/h4-7,12-14,17H,8-11H2,1-3H3. The van der Waals surface area contributed by atoms with Gasteiger partial charge in [0.1, 0.15) is 5.75 Å². The highest BCUT2D eigenvalue weighted by Gasteiger charge is 2.22. The topological polar surface area (TPSA) is 30.5 Å². The van der Waals surface area contributed by atoms with Gasteiger partial charge in [-0.3, -0.25) is 0 Å². The van der Waals surface area contributed by atoms with Gasteiger partial charge in [0, 0.05) is 24.8 Å². The predicted octanol–water partition coefficient (Wildman–Crippen LogP) is 3.30. The van der Waals surface area contributed by atoms with Crippen LogP contribution in [0.15, 0.2) is 24.3 Å². The molecule has 106 valence electrons. The quantitative estimate of drug-likeness (QED) is 0.884. The molecule has 1 saturated carbocycles. The molecule has 19 heavy (non-hydrogen) atoms. The largest absolute Gasteiger partial charge is 0.496 e. The first-order chi connectivity index (χ1) is 9.24. The van der Waals surface area contributed by atoms with E-state index in [9.17, 15) is 0 Å². The highest BCUT2D eigenvalue weighted by Crippen LogP contribution is 2.27. The first-order valence-electron chi connectivity index (χ1n) is 7.16. The Bertz CT molecular complexity index is 386. The summed E-state index contributed by atoms with van der Waals surface area (Å²) in [6, 6.07) is 9.15. The van der Waals surface area contributed by atoms with Crippen LogP contribution >= 0.6 is 0 Å². The van der Waals surface area contributed by atoms with Gasteiger partial charge < -0.3 is 14.8 Å². The molecule has 1 aromatic carbocycles. The molecule has 1 atom stereocenters. The van der Waals surface area contributed by atoms with Crippen LogP contribution in [0.4, 0.5) is 0 Å². The second-order valence-electron chi connectivity index (χ2n) is 5.34. The zero-order chi connectivity index (χ0) is 13.7. The molecule has 3 heteroatoms. The number of hydrogen-bond acceptors (Lipinski definition) is 3. The maximum absolute atomic E-state index is 5.43. The Morgan fingerprint density at radius 1 is 1.11 bits per heavy atom. The van der Waals surface area contributed by atoms with E-state index < -0.39 is 0 Å². The summed E-state index contributed by atoms with van der Waals surface area (Å²) in [7, 11) is 3.55. The van der Waals surface area contributed by atoms with Crippen LogP contribution in [0.25, 0.3) is 0 Å². The number of methoxy groups -OCH3 is 2. The minimum atomic E-state index is 0.320.